The molecule has 1 fully saturated rings. The van der Waals surface area contributed by atoms with Crippen LogP contribution in [-0.4, -0.2) is 64.8 Å². The minimum Gasteiger partial charge on any atom is -0.444 e. The van der Waals surface area contributed by atoms with E-state index < -0.39 is 17.3 Å². The molecular formula is C14H27NO5. The summed E-state index contributed by atoms with van der Waals surface area (Å²) in [4.78, 5) is 13.7. The summed E-state index contributed by atoms with van der Waals surface area (Å²) < 4.78 is 11.1. The van der Waals surface area contributed by atoms with Gasteiger partial charge in [-0.1, -0.05) is 6.92 Å². The molecule has 2 unspecified atom stereocenters. The predicted molar refractivity (Wildman–Crippen MR) is 74.5 cm³/mol. The fourth-order valence-corrected chi connectivity index (χ4v) is 2.16. The minimum absolute atomic E-state index is 0.0759. The van der Waals surface area contributed by atoms with Crippen LogP contribution in [-0.2, 0) is 9.47 Å². The Morgan fingerprint density at radius 1 is 1.45 bits per heavy atom. The molecule has 6 nitrogen and oxygen atoms in total. The SMILES string of the molecule is CCC1(OCC(O)CO)CCN(C(=O)OC(C)(C)C)C1. The van der Waals surface area contributed by atoms with Gasteiger partial charge in [0.15, 0.2) is 0 Å². The van der Waals surface area contributed by atoms with Gasteiger partial charge in [-0.15, -0.1) is 0 Å². The van der Waals surface area contributed by atoms with Crippen LogP contribution in [0.1, 0.15) is 40.5 Å². The molecule has 20 heavy (non-hydrogen) atoms. The molecule has 0 bridgehead atoms. The molecular weight excluding hydrogens is 262 g/mol. The Hall–Kier alpha value is -0.850. The van der Waals surface area contributed by atoms with Crippen molar-refractivity contribution in [2.75, 3.05) is 26.3 Å². The van der Waals surface area contributed by atoms with Crippen LogP contribution in [0, 0.1) is 0 Å². The van der Waals surface area contributed by atoms with Crippen LogP contribution >= 0.6 is 0 Å². The van der Waals surface area contributed by atoms with E-state index in [-0.39, 0.29) is 19.3 Å². The standard InChI is InChI=1S/C14H27NO5/c1-5-14(19-9-11(17)8-16)6-7-15(10-14)12(18)20-13(2,3)4/h11,16-17H,5-10H2,1-4H3. The third-order valence-corrected chi connectivity index (χ3v) is 3.41. The van der Waals surface area contributed by atoms with Gasteiger partial charge >= 0.3 is 6.09 Å². The zero-order chi connectivity index (χ0) is 15.4. The lowest BCUT2D eigenvalue weighted by molar-refractivity contribution is -0.0850. The molecule has 1 amide bonds. The maximum absolute atomic E-state index is 12.0. The topological polar surface area (TPSA) is 79.2 Å². The third kappa shape index (κ3) is 4.92. The van der Waals surface area contributed by atoms with Gasteiger partial charge in [-0.05, 0) is 33.6 Å². The van der Waals surface area contributed by atoms with Crippen molar-refractivity contribution in [3.63, 3.8) is 0 Å². The summed E-state index contributed by atoms with van der Waals surface area (Å²) >= 11 is 0. The molecule has 0 aliphatic carbocycles. The number of carbonyl (C=O) groups is 1. The monoisotopic (exact) mass is 289 g/mol. The molecule has 6 heteroatoms. The molecule has 0 saturated carbocycles. The minimum atomic E-state index is -0.881. The van der Waals surface area contributed by atoms with Crippen molar-refractivity contribution in [1.29, 1.82) is 0 Å². The zero-order valence-corrected chi connectivity index (χ0v) is 12.9. The number of aliphatic hydroxyl groups excluding tert-OH is 2. The molecule has 2 atom stereocenters. The first kappa shape index (κ1) is 17.2. The van der Waals surface area contributed by atoms with E-state index in [2.05, 4.69) is 0 Å². The van der Waals surface area contributed by atoms with E-state index in [0.717, 1.165) is 6.42 Å². The molecule has 118 valence electrons. The third-order valence-electron chi connectivity index (χ3n) is 3.41. The van der Waals surface area contributed by atoms with Gasteiger partial charge in [-0.3, -0.25) is 0 Å². The molecule has 0 spiro atoms. The van der Waals surface area contributed by atoms with Crippen molar-refractivity contribution in [3.8, 4) is 0 Å². The second-order valence-corrected chi connectivity index (χ2v) is 6.34. The van der Waals surface area contributed by atoms with Gasteiger partial charge in [0.2, 0.25) is 0 Å². The Morgan fingerprint density at radius 2 is 2.10 bits per heavy atom. The number of ether oxygens (including phenoxy) is 2. The number of amides is 1. The van der Waals surface area contributed by atoms with E-state index in [1.165, 1.54) is 0 Å². The van der Waals surface area contributed by atoms with E-state index in [1.807, 2.05) is 27.7 Å². The number of nitrogens with zero attached hydrogens (tertiary/aromatic N) is 1. The lowest BCUT2D eigenvalue weighted by Crippen LogP contribution is -2.41. The Morgan fingerprint density at radius 3 is 2.60 bits per heavy atom. The van der Waals surface area contributed by atoms with Crippen molar-refractivity contribution < 1.29 is 24.5 Å². The molecule has 2 N–H and O–H groups in total. The second kappa shape index (κ2) is 6.74. The number of aliphatic hydroxyl groups is 2. The van der Waals surface area contributed by atoms with E-state index in [9.17, 15) is 9.90 Å². The largest absolute Gasteiger partial charge is 0.444 e. The first-order valence-electron chi connectivity index (χ1n) is 7.12. The maximum Gasteiger partial charge on any atom is 0.410 e. The Kier molecular flexibility index (Phi) is 5.79. The zero-order valence-electron chi connectivity index (χ0n) is 12.9. The summed E-state index contributed by atoms with van der Waals surface area (Å²) in [6.45, 7) is 8.28. The second-order valence-electron chi connectivity index (χ2n) is 6.34. The molecule has 1 heterocycles. The fraction of sp³-hybridized carbons (Fsp3) is 0.929. The molecule has 0 aromatic heterocycles. The summed E-state index contributed by atoms with van der Waals surface area (Å²) in [5, 5.41) is 18.2. The average Bonchev–Trinajstić information content (AvgIpc) is 2.79. The van der Waals surface area contributed by atoms with Crippen LogP contribution in [0.5, 0.6) is 0 Å². The number of hydrogen-bond acceptors (Lipinski definition) is 5. The highest BCUT2D eigenvalue weighted by Gasteiger charge is 2.41. The summed E-state index contributed by atoms with van der Waals surface area (Å²) in [6, 6.07) is 0. The van der Waals surface area contributed by atoms with Gasteiger partial charge in [0.25, 0.3) is 0 Å². The summed E-state index contributed by atoms with van der Waals surface area (Å²) in [6.07, 6.45) is 0.235. The summed E-state index contributed by atoms with van der Waals surface area (Å²) in [5.74, 6) is 0. The number of carbonyl (C=O) groups excluding carboxylic acids is 1. The number of rotatable bonds is 5. The van der Waals surface area contributed by atoms with Crippen LogP contribution in [0.2, 0.25) is 0 Å². The molecule has 1 aliphatic rings. The van der Waals surface area contributed by atoms with Crippen LogP contribution in [0.4, 0.5) is 4.79 Å². The van der Waals surface area contributed by atoms with Gasteiger partial charge in [-0.25, -0.2) is 4.79 Å². The van der Waals surface area contributed by atoms with Gasteiger partial charge in [0.1, 0.15) is 11.7 Å². The van der Waals surface area contributed by atoms with Crippen molar-refractivity contribution in [2.45, 2.75) is 57.8 Å². The first-order chi connectivity index (χ1) is 9.21. The predicted octanol–water partition coefficient (Wildman–Crippen LogP) is 1.15. The number of hydrogen-bond donors (Lipinski definition) is 2. The first-order valence-corrected chi connectivity index (χ1v) is 7.12. The average molecular weight is 289 g/mol. The lowest BCUT2D eigenvalue weighted by Gasteiger charge is -2.30. The highest BCUT2D eigenvalue weighted by Crippen LogP contribution is 2.30. The Bertz CT molecular complexity index is 328. The highest BCUT2D eigenvalue weighted by atomic mass is 16.6. The molecule has 1 rings (SSSR count). The lowest BCUT2D eigenvalue weighted by atomic mass is 10.00. The van der Waals surface area contributed by atoms with Gasteiger partial charge < -0.3 is 24.6 Å². The smallest absolute Gasteiger partial charge is 0.410 e. The van der Waals surface area contributed by atoms with Gasteiger partial charge in [0, 0.05) is 6.54 Å². The van der Waals surface area contributed by atoms with Crippen molar-refractivity contribution >= 4 is 6.09 Å². The molecule has 0 radical (unpaired) electrons. The van der Waals surface area contributed by atoms with E-state index >= 15 is 0 Å². The van der Waals surface area contributed by atoms with Gasteiger partial charge in [-0.2, -0.15) is 0 Å². The van der Waals surface area contributed by atoms with Crippen LogP contribution in [0.25, 0.3) is 0 Å². The van der Waals surface area contributed by atoms with Crippen molar-refractivity contribution in [1.82, 2.24) is 4.90 Å². The number of likely N-dealkylation sites (tertiary alicyclic amines) is 1. The molecule has 0 aromatic carbocycles. The molecule has 1 aliphatic heterocycles. The van der Waals surface area contributed by atoms with E-state index in [1.54, 1.807) is 4.90 Å². The molecule has 1 saturated heterocycles. The summed E-state index contributed by atoms with van der Waals surface area (Å²) in [5.41, 5.74) is -0.963. The van der Waals surface area contributed by atoms with Crippen LogP contribution < -0.4 is 0 Å². The van der Waals surface area contributed by atoms with E-state index in [4.69, 9.17) is 14.6 Å². The Labute approximate surface area is 120 Å². The van der Waals surface area contributed by atoms with Crippen molar-refractivity contribution in [3.05, 3.63) is 0 Å². The summed E-state index contributed by atoms with van der Waals surface area (Å²) in [7, 11) is 0. The van der Waals surface area contributed by atoms with E-state index in [0.29, 0.717) is 19.5 Å². The highest BCUT2D eigenvalue weighted by molar-refractivity contribution is 5.68. The Balaban J connectivity index is 2.56. The van der Waals surface area contributed by atoms with Gasteiger partial charge in [0.05, 0.1) is 25.4 Å². The van der Waals surface area contributed by atoms with Crippen LogP contribution in [0.15, 0.2) is 0 Å². The maximum atomic E-state index is 12.0. The van der Waals surface area contributed by atoms with Crippen molar-refractivity contribution in [2.24, 2.45) is 0 Å². The fourth-order valence-electron chi connectivity index (χ4n) is 2.16. The normalized spacial score (nSPS) is 24.8. The molecule has 0 aromatic rings. The quantitative estimate of drug-likeness (QED) is 0.793. The van der Waals surface area contributed by atoms with Crippen LogP contribution in [0.3, 0.4) is 0 Å².